The number of aryl methyl sites for hydroxylation is 1. The van der Waals surface area contributed by atoms with Crippen LogP contribution >= 0.6 is 0 Å². The lowest BCUT2D eigenvalue weighted by atomic mass is 10.0. The summed E-state index contributed by atoms with van der Waals surface area (Å²) in [5, 5.41) is 16.3. The number of carboxylic acids is 1. The molecule has 1 aromatic heterocycles. The predicted molar refractivity (Wildman–Crippen MR) is 45.2 cm³/mol. The zero-order chi connectivity index (χ0) is 9.84. The average Bonchev–Trinajstić information content (AvgIpc) is 2.09. The van der Waals surface area contributed by atoms with Gasteiger partial charge in [0.25, 0.3) is 0 Å². The molecule has 0 amide bonds. The minimum absolute atomic E-state index is 0.417. The van der Waals surface area contributed by atoms with E-state index in [4.69, 9.17) is 5.11 Å². The smallest absolute Gasteiger partial charge is 0.312 e. The van der Waals surface area contributed by atoms with Gasteiger partial charge in [-0.3, -0.25) is 4.79 Å². The first kappa shape index (κ1) is 9.57. The van der Waals surface area contributed by atoms with Gasteiger partial charge in [0.1, 0.15) is 11.7 Å². The highest BCUT2D eigenvalue weighted by Crippen LogP contribution is 2.15. The number of carboxylic acid groups (broad SMARTS) is 1. The van der Waals surface area contributed by atoms with Crippen LogP contribution in [0.3, 0.4) is 0 Å². The fourth-order valence-electron chi connectivity index (χ4n) is 1.01. The van der Waals surface area contributed by atoms with Crippen molar-refractivity contribution in [2.24, 2.45) is 0 Å². The summed E-state index contributed by atoms with van der Waals surface area (Å²) >= 11 is 0. The average molecular weight is 181 g/mol. The molecule has 0 radical (unpaired) electrons. The molecule has 1 heterocycles. The summed E-state index contributed by atoms with van der Waals surface area (Å²) in [5.41, 5.74) is 0.417. The molecule has 1 N–H and O–H groups in total. The van der Waals surface area contributed by atoms with Gasteiger partial charge < -0.3 is 5.11 Å². The van der Waals surface area contributed by atoms with Gasteiger partial charge in [-0.25, -0.2) is 4.98 Å². The van der Waals surface area contributed by atoms with Crippen molar-refractivity contribution in [2.45, 2.75) is 26.2 Å². The van der Waals surface area contributed by atoms with Crippen LogP contribution in [0, 0.1) is 6.92 Å². The molecule has 0 aliphatic carbocycles. The molecule has 13 heavy (non-hydrogen) atoms. The Morgan fingerprint density at radius 3 is 2.69 bits per heavy atom. The molecule has 0 fully saturated rings. The number of hydrogen-bond acceptors (Lipinski definition) is 4. The van der Waals surface area contributed by atoms with E-state index < -0.39 is 11.9 Å². The highest BCUT2D eigenvalue weighted by atomic mass is 16.4. The zero-order valence-corrected chi connectivity index (χ0v) is 7.56. The lowest BCUT2D eigenvalue weighted by molar-refractivity contribution is -0.139. The molecule has 0 bridgehead atoms. The van der Waals surface area contributed by atoms with Crippen LogP contribution in [0.15, 0.2) is 6.20 Å². The highest BCUT2D eigenvalue weighted by Gasteiger charge is 2.19. The van der Waals surface area contributed by atoms with E-state index in [1.54, 1.807) is 13.8 Å². The number of aromatic nitrogens is 3. The molecule has 5 heteroatoms. The van der Waals surface area contributed by atoms with Crippen LogP contribution in [0.25, 0.3) is 0 Å². The standard InChI is InChI=1S/C8H11N3O2/c1-3-6(8(12)13)7-4-9-5(2)10-11-7/h4,6H,3H2,1-2H3,(H,12,13). The molecular weight excluding hydrogens is 170 g/mol. The highest BCUT2D eigenvalue weighted by molar-refractivity contribution is 5.75. The van der Waals surface area contributed by atoms with Crippen LogP contribution in [-0.4, -0.2) is 26.3 Å². The van der Waals surface area contributed by atoms with Crippen molar-refractivity contribution >= 4 is 5.97 Å². The Balaban J connectivity index is 2.92. The van der Waals surface area contributed by atoms with E-state index in [1.807, 2.05) is 0 Å². The summed E-state index contributed by atoms with van der Waals surface area (Å²) in [6.07, 6.45) is 1.96. The van der Waals surface area contributed by atoms with Gasteiger partial charge in [-0.2, -0.15) is 5.10 Å². The summed E-state index contributed by atoms with van der Waals surface area (Å²) in [7, 11) is 0. The van der Waals surface area contributed by atoms with Gasteiger partial charge in [-0.15, -0.1) is 5.10 Å². The summed E-state index contributed by atoms with van der Waals surface area (Å²) in [4.78, 5) is 14.6. The van der Waals surface area contributed by atoms with Gasteiger partial charge in [0.2, 0.25) is 0 Å². The Kier molecular flexibility index (Phi) is 2.89. The topological polar surface area (TPSA) is 76.0 Å². The van der Waals surface area contributed by atoms with E-state index >= 15 is 0 Å². The van der Waals surface area contributed by atoms with E-state index in [9.17, 15) is 4.79 Å². The maximum atomic E-state index is 10.7. The van der Waals surface area contributed by atoms with E-state index in [1.165, 1.54) is 6.20 Å². The maximum Gasteiger partial charge on any atom is 0.312 e. The second kappa shape index (κ2) is 3.93. The Hall–Kier alpha value is -1.52. The lowest BCUT2D eigenvalue weighted by Gasteiger charge is -2.06. The quantitative estimate of drug-likeness (QED) is 0.744. The Morgan fingerprint density at radius 1 is 1.62 bits per heavy atom. The van der Waals surface area contributed by atoms with Gasteiger partial charge in [-0.1, -0.05) is 6.92 Å². The van der Waals surface area contributed by atoms with Crippen molar-refractivity contribution in [1.82, 2.24) is 15.2 Å². The minimum Gasteiger partial charge on any atom is -0.481 e. The lowest BCUT2D eigenvalue weighted by Crippen LogP contribution is -2.13. The van der Waals surface area contributed by atoms with Gasteiger partial charge >= 0.3 is 5.97 Å². The Bertz CT molecular complexity index is 297. The SMILES string of the molecule is CCC(C(=O)O)c1cnc(C)nn1. The largest absolute Gasteiger partial charge is 0.481 e. The van der Waals surface area contributed by atoms with E-state index in [0.717, 1.165) is 0 Å². The molecule has 0 aliphatic rings. The molecule has 0 aromatic carbocycles. The first-order valence-corrected chi connectivity index (χ1v) is 4.04. The third kappa shape index (κ3) is 2.21. The van der Waals surface area contributed by atoms with Gasteiger partial charge in [-0.05, 0) is 13.3 Å². The molecule has 5 nitrogen and oxygen atoms in total. The molecule has 1 atom stereocenters. The number of hydrogen-bond donors (Lipinski definition) is 1. The van der Waals surface area contributed by atoms with Crippen molar-refractivity contribution in [3.63, 3.8) is 0 Å². The summed E-state index contributed by atoms with van der Waals surface area (Å²) < 4.78 is 0. The molecule has 1 unspecified atom stereocenters. The third-order valence-electron chi connectivity index (χ3n) is 1.76. The van der Waals surface area contributed by atoms with Crippen LogP contribution in [0.1, 0.15) is 30.8 Å². The Morgan fingerprint density at radius 2 is 2.31 bits per heavy atom. The van der Waals surface area contributed by atoms with Gasteiger partial charge in [0, 0.05) is 0 Å². The number of nitrogens with zero attached hydrogens (tertiary/aromatic N) is 3. The second-order valence-electron chi connectivity index (χ2n) is 2.73. The summed E-state index contributed by atoms with van der Waals surface area (Å²) in [6, 6.07) is 0. The van der Waals surface area contributed by atoms with E-state index in [0.29, 0.717) is 17.9 Å². The maximum absolute atomic E-state index is 10.7. The van der Waals surface area contributed by atoms with Crippen LogP contribution in [0.5, 0.6) is 0 Å². The first-order valence-electron chi connectivity index (χ1n) is 4.04. The van der Waals surface area contributed by atoms with Crippen LogP contribution in [-0.2, 0) is 4.79 Å². The van der Waals surface area contributed by atoms with Crippen LogP contribution < -0.4 is 0 Å². The molecule has 0 spiro atoms. The number of rotatable bonds is 3. The zero-order valence-electron chi connectivity index (χ0n) is 7.56. The first-order chi connectivity index (χ1) is 6.15. The van der Waals surface area contributed by atoms with Crippen molar-refractivity contribution < 1.29 is 9.90 Å². The monoisotopic (exact) mass is 181 g/mol. The summed E-state index contributed by atoms with van der Waals surface area (Å²) in [6.45, 7) is 3.50. The second-order valence-corrected chi connectivity index (χ2v) is 2.73. The predicted octanol–water partition coefficient (Wildman–Crippen LogP) is 0.758. The molecule has 0 aliphatic heterocycles. The van der Waals surface area contributed by atoms with Crippen molar-refractivity contribution in [3.05, 3.63) is 17.7 Å². The molecule has 0 saturated heterocycles. The molecule has 1 aromatic rings. The fourth-order valence-corrected chi connectivity index (χ4v) is 1.01. The molecule has 70 valence electrons. The molecule has 0 saturated carbocycles. The van der Waals surface area contributed by atoms with Crippen molar-refractivity contribution in [2.75, 3.05) is 0 Å². The van der Waals surface area contributed by atoms with Crippen molar-refractivity contribution in [1.29, 1.82) is 0 Å². The number of aliphatic carboxylic acids is 1. The number of carbonyl (C=O) groups is 1. The Labute approximate surface area is 75.8 Å². The summed E-state index contributed by atoms with van der Waals surface area (Å²) in [5.74, 6) is -0.938. The van der Waals surface area contributed by atoms with E-state index in [2.05, 4.69) is 15.2 Å². The van der Waals surface area contributed by atoms with E-state index in [-0.39, 0.29) is 0 Å². The molecule has 1 rings (SSSR count). The van der Waals surface area contributed by atoms with Gasteiger partial charge in [0.05, 0.1) is 11.9 Å². The van der Waals surface area contributed by atoms with Crippen molar-refractivity contribution in [3.8, 4) is 0 Å². The van der Waals surface area contributed by atoms with Crippen LogP contribution in [0.2, 0.25) is 0 Å². The normalized spacial score (nSPS) is 12.5. The van der Waals surface area contributed by atoms with Gasteiger partial charge in [0.15, 0.2) is 0 Å². The fraction of sp³-hybridized carbons (Fsp3) is 0.500. The third-order valence-corrected chi connectivity index (χ3v) is 1.76. The van der Waals surface area contributed by atoms with Crippen LogP contribution in [0.4, 0.5) is 0 Å². The minimum atomic E-state index is -0.887. The molecular formula is C8H11N3O2.